The van der Waals surface area contributed by atoms with Gasteiger partial charge in [0.15, 0.2) is 5.69 Å². The second-order valence-corrected chi connectivity index (χ2v) is 7.27. The fraction of sp³-hybridized carbons (Fsp3) is 0.500. The highest BCUT2D eigenvalue weighted by Crippen LogP contribution is 2.35. The third-order valence-electron chi connectivity index (χ3n) is 4.63. The molecule has 0 N–H and O–H groups in total. The van der Waals surface area contributed by atoms with Crippen molar-refractivity contribution in [2.24, 2.45) is 0 Å². The number of hydrogen-bond donors (Lipinski definition) is 0. The van der Waals surface area contributed by atoms with Gasteiger partial charge in [-0.1, -0.05) is 48.8 Å². The van der Waals surface area contributed by atoms with Crippen LogP contribution in [0.1, 0.15) is 59.2 Å². The first kappa shape index (κ1) is 13.8. The van der Waals surface area contributed by atoms with E-state index in [1.807, 2.05) is 11.3 Å². The van der Waals surface area contributed by atoms with E-state index >= 15 is 0 Å². The summed E-state index contributed by atoms with van der Waals surface area (Å²) < 4.78 is 2.53. The molecule has 20 heavy (non-hydrogen) atoms. The summed E-state index contributed by atoms with van der Waals surface area (Å²) in [4.78, 5) is 1.47. The average Bonchev–Trinajstić information content (AvgIpc) is 2.77. The normalized spacial score (nSPS) is 16.6. The molecule has 0 radical (unpaired) electrons. The van der Waals surface area contributed by atoms with E-state index in [9.17, 15) is 0 Å². The predicted molar refractivity (Wildman–Crippen MR) is 85.9 cm³/mol. The molecule has 0 unspecified atom stereocenters. The molecule has 1 aliphatic rings. The highest BCUT2D eigenvalue weighted by molar-refractivity contribution is 7.11. The zero-order chi connectivity index (χ0) is 14.1. The molecule has 1 heterocycles. The minimum atomic E-state index is 0.765. The minimum absolute atomic E-state index is 0.765. The van der Waals surface area contributed by atoms with Crippen molar-refractivity contribution in [2.45, 2.75) is 58.8 Å². The van der Waals surface area contributed by atoms with Crippen LogP contribution >= 0.6 is 11.3 Å². The molecule has 0 atom stereocenters. The molecule has 0 bridgehead atoms. The largest absolute Gasteiger partial charge is 0.246 e. The Hall–Kier alpha value is -1.15. The first-order valence-electron chi connectivity index (χ1n) is 7.76. The van der Waals surface area contributed by atoms with E-state index in [4.69, 9.17) is 0 Å². The number of aryl methyl sites for hydroxylation is 2. The summed E-state index contributed by atoms with van der Waals surface area (Å²) in [5, 5.41) is 1.58. The Kier molecular flexibility index (Phi) is 3.93. The zero-order valence-corrected chi connectivity index (χ0v) is 13.6. The van der Waals surface area contributed by atoms with E-state index in [2.05, 4.69) is 49.6 Å². The van der Waals surface area contributed by atoms with Crippen molar-refractivity contribution < 1.29 is 4.57 Å². The molecular formula is C18H24NS+. The van der Waals surface area contributed by atoms with Gasteiger partial charge in [0.05, 0.1) is 10.8 Å². The van der Waals surface area contributed by atoms with Gasteiger partial charge in [-0.05, 0) is 26.7 Å². The lowest BCUT2D eigenvalue weighted by Gasteiger charge is -2.18. The van der Waals surface area contributed by atoms with E-state index in [0.717, 1.165) is 5.92 Å². The smallest absolute Gasteiger partial charge is 0.151 e. The second-order valence-electron chi connectivity index (χ2n) is 6.04. The van der Waals surface area contributed by atoms with Gasteiger partial charge in [0.25, 0.3) is 0 Å². The van der Waals surface area contributed by atoms with Crippen LogP contribution in [0, 0.1) is 20.8 Å². The van der Waals surface area contributed by atoms with Crippen LogP contribution < -0.4 is 4.57 Å². The van der Waals surface area contributed by atoms with Crippen molar-refractivity contribution in [3.8, 4) is 5.69 Å². The lowest BCUT2D eigenvalue weighted by Crippen LogP contribution is -2.38. The van der Waals surface area contributed by atoms with Crippen molar-refractivity contribution in [1.82, 2.24) is 0 Å². The van der Waals surface area contributed by atoms with Gasteiger partial charge in [-0.25, -0.2) is 0 Å². The van der Waals surface area contributed by atoms with Crippen molar-refractivity contribution in [3.63, 3.8) is 0 Å². The maximum absolute atomic E-state index is 2.53. The van der Waals surface area contributed by atoms with Crippen LogP contribution in [0.3, 0.4) is 0 Å². The van der Waals surface area contributed by atoms with Gasteiger partial charge in [-0.3, -0.25) is 0 Å². The molecule has 1 nitrogen and oxygen atoms in total. The monoisotopic (exact) mass is 286 g/mol. The van der Waals surface area contributed by atoms with Crippen molar-refractivity contribution in [3.05, 3.63) is 45.4 Å². The van der Waals surface area contributed by atoms with Gasteiger partial charge in [-0.15, -0.1) is 0 Å². The Balaban J connectivity index is 2.12. The number of thiazole rings is 1. The minimum Gasteiger partial charge on any atom is -0.151 e. The molecule has 0 saturated heterocycles. The number of rotatable bonds is 2. The molecule has 3 rings (SSSR count). The van der Waals surface area contributed by atoms with Crippen LogP contribution in [-0.4, -0.2) is 0 Å². The molecule has 0 aliphatic heterocycles. The number of hydrogen-bond acceptors (Lipinski definition) is 1. The Labute approximate surface area is 126 Å². The average molecular weight is 286 g/mol. The molecule has 106 valence electrons. The van der Waals surface area contributed by atoms with Gasteiger partial charge in [0.1, 0.15) is 0 Å². The Bertz CT molecular complexity index is 606. The van der Waals surface area contributed by atoms with E-state index < -0.39 is 0 Å². The maximum atomic E-state index is 2.53. The molecule has 0 amide bonds. The van der Waals surface area contributed by atoms with Crippen LogP contribution in [0.4, 0.5) is 0 Å². The summed E-state index contributed by atoms with van der Waals surface area (Å²) in [6.07, 6.45) is 6.95. The molecule has 1 aromatic carbocycles. The fourth-order valence-corrected chi connectivity index (χ4v) is 4.61. The van der Waals surface area contributed by atoms with Crippen LogP contribution in [0.25, 0.3) is 5.69 Å². The first-order chi connectivity index (χ1) is 9.68. The summed E-state index contributed by atoms with van der Waals surface area (Å²) in [5.41, 5.74) is 4.16. The first-order valence-corrected chi connectivity index (χ1v) is 8.58. The second kappa shape index (κ2) is 5.69. The van der Waals surface area contributed by atoms with Crippen molar-refractivity contribution in [1.29, 1.82) is 0 Å². The highest BCUT2D eigenvalue weighted by atomic mass is 32.1. The lowest BCUT2D eigenvalue weighted by atomic mass is 9.89. The van der Waals surface area contributed by atoms with Crippen LogP contribution in [0.2, 0.25) is 0 Å². The van der Waals surface area contributed by atoms with Gasteiger partial charge in [-0.2, -0.15) is 4.57 Å². The Morgan fingerprint density at radius 3 is 2.40 bits per heavy atom. The maximum Gasteiger partial charge on any atom is 0.246 e. The van der Waals surface area contributed by atoms with E-state index in [0.29, 0.717) is 0 Å². The standard InChI is InChI=1S/C18H24NS/c1-13-9-7-8-12-17(13)19-14(2)15(3)20-18(19)16-10-5-4-6-11-16/h7-9,12,16H,4-6,10-11H2,1-3H3/q+1. The predicted octanol–water partition coefficient (Wildman–Crippen LogP) is 5.00. The quantitative estimate of drug-likeness (QED) is 0.684. The van der Waals surface area contributed by atoms with Gasteiger partial charge in [0.2, 0.25) is 10.7 Å². The van der Waals surface area contributed by atoms with E-state index in [1.54, 1.807) is 5.01 Å². The molecule has 1 aliphatic carbocycles. The van der Waals surface area contributed by atoms with Crippen LogP contribution in [0.5, 0.6) is 0 Å². The zero-order valence-electron chi connectivity index (χ0n) is 12.8. The van der Waals surface area contributed by atoms with Gasteiger partial charge < -0.3 is 0 Å². The molecule has 1 fully saturated rings. The molecule has 2 heteroatoms. The lowest BCUT2D eigenvalue weighted by molar-refractivity contribution is -0.607. The van der Waals surface area contributed by atoms with Crippen LogP contribution in [0.15, 0.2) is 24.3 Å². The molecule has 0 spiro atoms. The number of benzene rings is 1. The van der Waals surface area contributed by atoms with Crippen molar-refractivity contribution >= 4 is 11.3 Å². The third kappa shape index (κ3) is 2.42. The fourth-order valence-electron chi connectivity index (χ4n) is 3.33. The van der Waals surface area contributed by atoms with E-state index in [1.165, 1.54) is 53.9 Å². The van der Waals surface area contributed by atoms with Crippen molar-refractivity contribution in [2.75, 3.05) is 0 Å². The molecule has 1 saturated carbocycles. The van der Waals surface area contributed by atoms with Gasteiger partial charge in [0, 0.05) is 18.6 Å². The summed E-state index contributed by atoms with van der Waals surface area (Å²) >= 11 is 2.01. The molecular weight excluding hydrogens is 262 g/mol. The topological polar surface area (TPSA) is 3.88 Å². The number of nitrogens with zero attached hydrogens (tertiary/aromatic N) is 1. The Morgan fingerprint density at radius 1 is 1.00 bits per heavy atom. The Morgan fingerprint density at radius 2 is 1.70 bits per heavy atom. The summed E-state index contributed by atoms with van der Waals surface area (Å²) in [6, 6.07) is 8.78. The number of aromatic nitrogens is 1. The highest BCUT2D eigenvalue weighted by Gasteiger charge is 2.31. The molecule has 2 aromatic rings. The van der Waals surface area contributed by atoms with Gasteiger partial charge >= 0.3 is 0 Å². The summed E-state index contributed by atoms with van der Waals surface area (Å²) in [5.74, 6) is 0.765. The summed E-state index contributed by atoms with van der Waals surface area (Å²) in [7, 11) is 0. The summed E-state index contributed by atoms with van der Waals surface area (Å²) in [6.45, 7) is 6.76. The molecule has 1 aromatic heterocycles. The SMILES string of the molecule is Cc1ccccc1-[n+]1c(C2CCCCC2)sc(C)c1C. The van der Waals surface area contributed by atoms with E-state index in [-0.39, 0.29) is 0 Å². The number of para-hydroxylation sites is 1. The third-order valence-corrected chi connectivity index (χ3v) is 5.96. The van der Waals surface area contributed by atoms with Crippen LogP contribution in [-0.2, 0) is 0 Å².